The Morgan fingerprint density at radius 3 is 2.80 bits per heavy atom. The predicted octanol–water partition coefficient (Wildman–Crippen LogP) is 4.54. The van der Waals surface area contributed by atoms with Gasteiger partial charge in [0.15, 0.2) is 0 Å². The molecule has 0 fully saturated rings. The van der Waals surface area contributed by atoms with E-state index in [1.165, 1.54) is 0 Å². The van der Waals surface area contributed by atoms with E-state index in [-0.39, 0.29) is 11.9 Å². The first-order valence-corrected chi connectivity index (χ1v) is 9.11. The zero-order chi connectivity index (χ0) is 17.4. The molecule has 0 saturated heterocycles. The average Bonchev–Trinajstić information content (AvgIpc) is 3.25. The molecule has 1 N–H and O–H groups in total. The maximum Gasteiger partial charge on any atom is 0.227 e. The minimum atomic E-state index is -0.0462. The molecule has 0 saturated carbocycles. The summed E-state index contributed by atoms with van der Waals surface area (Å²) in [7, 11) is 1.86. The fraction of sp³-hybridized carbons (Fsp3) is 0.200. The van der Waals surface area contributed by atoms with Crippen LogP contribution in [0, 0.1) is 0 Å². The lowest BCUT2D eigenvalue weighted by molar-refractivity contribution is -0.131. The molecule has 0 aliphatic heterocycles. The largest absolute Gasteiger partial charge is 0.361 e. The van der Waals surface area contributed by atoms with E-state index < -0.39 is 0 Å². The second kappa shape index (κ2) is 6.33. The highest BCUT2D eigenvalue weighted by molar-refractivity contribution is 7.18. The van der Waals surface area contributed by atoms with Crippen LogP contribution >= 0.6 is 11.3 Å². The Hall–Kier alpha value is -2.66. The first-order chi connectivity index (χ1) is 12.1. The maximum absolute atomic E-state index is 12.8. The zero-order valence-corrected chi connectivity index (χ0v) is 15.0. The number of amides is 1. The highest BCUT2D eigenvalue weighted by atomic mass is 32.1. The number of carbonyl (C=O) groups is 1. The van der Waals surface area contributed by atoms with Crippen LogP contribution in [0.2, 0.25) is 0 Å². The van der Waals surface area contributed by atoms with Crippen LogP contribution in [-0.2, 0) is 11.2 Å². The first kappa shape index (κ1) is 15.8. The third-order valence-electron chi connectivity index (χ3n) is 4.66. The Labute approximate surface area is 150 Å². The van der Waals surface area contributed by atoms with Gasteiger partial charge >= 0.3 is 0 Å². The Morgan fingerprint density at radius 1 is 1.20 bits per heavy atom. The molecule has 1 atom stereocenters. The smallest absolute Gasteiger partial charge is 0.227 e. The van der Waals surface area contributed by atoms with E-state index in [1.807, 2.05) is 62.6 Å². The van der Waals surface area contributed by atoms with Gasteiger partial charge in [-0.1, -0.05) is 30.3 Å². The maximum atomic E-state index is 12.8. The van der Waals surface area contributed by atoms with Gasteiger partial charge in [0, 0.05) is 24.1 Å². The molecule has 2 heterocycles. The van der Waals surface area contributed by atoms with E-state index in [1.54, 1.807) is 16.2 Å². The fourth-order valence-corrected chi connectivity index (χ4v) is 4.08. The van der Waals surface area contributed by atoms with Gasteiger partial charge in [0.25, 0.3) is 0 Å². The van der Waals surface area contributed by atoms with Gasteiger partial charge in [-0.2, -0.15) is 0 Å². The lowest BCUT2D eigenvalue weighted by Crippen LogP contribution is -2.30. The quantitative estimate of drug-likeness (QED) is 0.588. The van der Waals surface area contributed by atoms with Gasteiger partial charge in [-0.3, -0.25) is 4.79 Å². The third-order valence-corrected chi connectivity index (χ3v) is 5.87. The minimum Gasteiger partial charge on any atom is -0.361 e. The number of benzene rings is 2. The summed E-state index contributed by atoms with van der Waals surface area (Å²) in [5.74, 6) is 0.0940. The second-order valence-electron chi connectivity index (χ2n) is 6.24. The van der Waals surface area contributed by atoms with Crippen LogP contribution in [0.15, 0.2) is 54.7 Å². The number of nitrogens with one attached hydrogen (secondary N) is 1. The summed E-state index contributed by atoms with van der Waals surface area (Å²) < 4.78 is 1.15. The molecule has 4 aromatic rings. The van der Waals surface area contributed by atoms with Crippen molar-refractivity contribution in [1.29, 1.82) is 0 Å². The zero-order valence-electron chi connectivity index (χ0n) is 14.2. The van der Waals surface area contributed by atoms with E-state index in [9.17, 15) is 4.79 Å². The van der Waals surface area contributed by atoms with Crippen LogP contribution in [0.4, 0.5) is 0 Å². The number of thiazole rings is 1. The van der Waals surface area contributed by atoms with Crippen molar-refractivity contribution in [2.45, 2.75) is 19.4 Å². The van der Waals surface area contributed by atoms with E-state index in [2.05, 4.69) is 16.0 Å². The van der Waals surface area contributed by atoms with Crippen molar-refractivity contribution in [3.05, 3.63) is 65.3 Å². The van der Waals surface area contributed by atoms with E-state index in [0.29, 0.717) is 6.42 Å². The van der Waals surface area contributed by atoms with E-state index in [0.717, 1.165) is 31.7 Å². The summed E-state index contributed by atoms with van der Waals surface area (Å²) in [6, 6.07) is 16.1. The van der Waals surface area contributed by atoms with Crippen molar-refractivity contribution in [1.82, 2.24) is 14.9 Å². The summed E-state index contributed by atoms with van der Waals surface area (Å²) in [6.07, 6.45) is 2.31. The lowest BCUT2D eigenvalue weighted by atomic mass is 10.1. The summed E-state index contributed by atoms with van der Waals surface area (Å²) >= 11 is 1.65. The number of aromatic nitrogens is 2. The molecule has 0 aliphatic rings. The van der Waals surface area contributed by atoms with Gasteiger partial charge < -0.3 is 9.88 Å². The predicted molar refractivity (Wildman–Crippen MR) is 103 cm³/mol. The Bertz CT molecular complexity index is 1020. The van der Waals surface area contributed by atoms with Crippen LogP contribution in [-0.4, -0.2) is 27.8 Å². The topological polar surface area (TPSA) is 49.0 Å². The van der Waals surface area contributed by atoms with Crippen molar-refractivity contribution in [2.75, 3.05) is 7.05 Å². The Kier molecular flexibility index (Phi) is 4.01. The number of carbonyl (C=O) groups excluding carboxylic acids is 1. The lowest BCUT2D eigenvalue weighted by Gasteiger charge is -2.23. The number of rotatable bonds is 4. The molecule has 2 aromatic carbocycles. The number of H-pyrrole nitrogens is 1. The molecule has 4 nitrogen and oxygen atoms in total. The highest BCUT2D eigenvalue weighted by Gasteiger charge is 2.21. The molecular weight excluding hydrogens is 330 g/mol. The summed E-state index contributed by atoms with van der Waals surface area (Å²) in [4.78, 5) is 22.5. The van der Waals surface area contributed by atoms with Crippen molar-refractivity contribution < 1.29 is 4.79 Å². The molecule has 5 heteroatoms. The summed E-state index contributed by atoms with van der Waals surface area (Å²) in [5, 5.41) is 2.08. The van der Waals surface area contributed by atoms with Crippen molar-refractivity contribution in [3.63, 3.8) is 0 Å². The van der Waals surface area contributed by atoms with Gasteiger partial charge in [-0.25, -0.2) is 4.98 Å². The summed E-state index contributed by atoms with van der Waals surface area (Å²) in [6.45, 7) is 2.03. The van der Waals surface area contributed by atoms with E-state index >= 15 is 0 Å². The average molecular weight is 349 g/mol. The van der Waals surface area contributed by atoms with Crippen LogP contribution in [0.5, 0.6) is 0 Å². The van der Waals surface area contributed by atoms with Crippen molar-refractivity contribution in [2.24, 2.45) is 0 Å². The molecule has 0 spiro atoms. The molecule has 25 heavy (non-hydrogen) atoms. The molecule has 1 amide bonds. The molecule has 0 radical (unpaired) electrons. The third kappa shape index (κ3) is 2.91. The number of hydrogen-bond acceptors (Lipinski definition) is 3. The van der Waals surface area contributed by atoms with Crippen molar-refractivity contribution >= 4 is 38.4 Å². The fourth-order valence-electron chi connectivity index (χ4n) is 3.02. The molecule has 0 bridgehead atoms. The number of fused-ring (bicyclic) bond motifs is 2. The Morgan fingerprint density at radius 2 is 1.96 bits per heavy atom. The van der Waals surface area contributed by atoms with E-state index in [4.69, 9.17) is 0 Å². The SMILES string of the molecule is C[C@@H](c1nc2ccccc2s1)N(C)C(=O)Cc1c[nH]c2ccccc12. The van der Waals surface area contributed by atoms with Crippen LogP contribution < -0.4 is 0 Å². The number of nitrogens with zero attached hydrogens (tertiary/aromatic N) is 2. The number of likely N-dealkylation sites (N-methyl/N-ethyl adjacent to an activating group) is 1. The van der Waals surface area contributed by atoms with Gasteiger partial charge in [-0.15, -0.1) is 11.3 Å². The van der Waals surface area contributed by atoms with Crippen LogP contribution in [0.1, 0.15) is 23.5 Å². The number of hydrogen-bond donors (Lipinski definition) is 1. The molecule has 2 aromatic heterocycles. The number of aromatic amines is 1. The van der Waals surface area contributed by atoms with Gasteiger partial charge in [0.2, 0.25) is 5.91 Å². The van der Waals surface area contributed by atoms with Gasteiger partial charge in [-0.05, 0) is 30.7 Å². The molecule has 126 valence electrons. The Balaban J connectivity index is 1.55. The minimum absolute atomic E-state index is 0.0462. The van der Waals surface area contributed by atoms with Crippen LogP contribution in [0.3, 0.4) is 0 Å². The normalized spacial score (nSPS) is 12.6. The second-order valence-corrected chi connectivity index (χ2v) is 7.30. The molecular formula is C20H19N3OS. The first-order valence-electron chi connectivity index (χ1n) is 8.29. The van der Waals surface area contributed by atoms with Gasteiger partial charge in [0.05, 0.1) is 22.7 Å². The van der Waals surface area contributed by atoms with Crippen molar-refractivity contribution in [3.8, 4) is 0 Å². The molecule has 0 unspecified atom stereocenters. The monoisotopic (exact) mass is 349 g/mol. The molecule has 4 rings (SSSR count). The standard InChI is InChI=1S/C20H19N3OS/c1-13(20-22-17-9-5-6-10-18(17)25-20)23(2)19(24)11-14-12-21-16-8-4-3-7-15(14)16/h3-10,12-13,21H,11H2,1-2H3/t13-/m0/s1. The van der Waals surface area contributed by atoms with Crippen LogP contribution in [0.25, 0.3) is 21.1 Å². The highest BCUT2D eigenvalue weighted by Crippen LogP contribution is 2.29. The number of para-hydroxylation sites is 2. The van der Waals surface area contributed by atoms with Gasteiger partial charge in [0.1, 0.15) is 5.01 Å². The summed E-state index contributed by atoms with van der Waals surface area (Å²) in [5.41, 5.74) is 3.09. The molecule has 0 aliphatic carbocycles.